The van der Waals surface area contributed by atoms with Crippen LogP contribution in [0.3, 0.4) is 0 Å². The Kier molecular flexibility index (Phi) is 12.3. The normalized spacial score (nSPS) is 13.3. The minimum absolute atomic E-state index is 0. The molecule has 5 nitrogen and oxygen atoms in total. The quantitative estimate of drug-likeness (QED) is 0.115. The van der Waals surface area contributed by atoms with Gasteiger partial charge in [0.15, 0.2) is 0 Å². The van der Waals surface area contributed by atoms with E-state index in [2.05, 4.69) is 186 Å². The summed E-state index contributed by atoms with van der Waals surface area (Å²) in [4.78, 5) is 11.7. The van der Waals surface area contributed by atoms with Gasteiger partial charge in [0, 0.05) is 73.0 Å². The van der Waals surface area contributed by atoms with Gasteiger partial charge in [-0.15, -0.1) is 82.1 Å². The minimum Gasteiger partial charge on any atom is -0.668 e. The molecule has 3 aromatic heterocycles. The summed E-state index contributed by atoms with van der Waals surface area (Å²) >= 11 is 1.85. The minimum atomic E-state index is 0. The number of pyridine rings is 1. The van der Waals surface area contributed by atoms with Gasteiger partial charge in [0.2, 0.25) is 0 Å². The van der Waals surface area contributed by atoms with Gasteiger partial charge >= 0.3 is 0 Å². The molecular formula is C59H45IrN5S-4. The fraction of sp³-hybridized carbons (Fsp3) is 0.119. The Morgan fingerprint density at radius 1 is 0.591 bits per heavy atom. The molecule has 0 N–H and O–H groups in total. The van der Waals surface area contributed by atoms with Crippen LogP contribution >= 0.6 is 11.3 Å². The molecule has 7 heteroatoms. The average molecular weight is 1050 g/mol. The Labute approximate surface area is 404 Å². The van der Waals surface area contributed by atoms with Gasteiger partial charge in [0.25, 0.3) is 0 Å². The number of nitrogens with zero attached hydrogens (tertiary/aromatic N) is 5. The Balaban J connectivity index is 0.00000511. The van der Waals surface area contributed by atoms with E-state index >= 15 is 0 Å². The first-order chi connectivity index (χ1) is 32.0. The van der Waals surface area contributed by atoms with Crippen molar-refractivity contribution in [2.45, 2.75) is 31.8 Å². The zero-order valence-corrected chi connectivity index (χ0v) is 39.9. The Morgan fingerprint density at radius 3 is 2.00 bits per heavy atom. The van der Waals surface area contributed by atoms with Crippen LogP contribution in [0.2, 0.25) is 0 Å². The topological polar surface area (TPSA) is 48.1 Å². The molecule has 0 fully saturated rings. The molecule has 1 unspecified atom stereocenters. The number of fused-ring (bicyclic) bond motifs is 3. The van der Waals surface area contributed by atoms with Crippen LogP contribution in [-0.2, 0) is 52.8 Å². The predicted molar refractivity (Wildman–Crippen MR) is 268 cm³/mol. The molecule has 0 aliphatic carbocycles. The second-order valence-corrected chi connectivity index (χ2v) is 18.0. The average Bonchev–Trinajstić information content (AvgIpc) is 4.10. The molecule has 0 saturated heterocycles. The smallest absolute Gasteiger partial charge is 0.0555 e. The zero-order valence-electron chi connectivity index (χ0n) is 36.7. The number of benzene rings is 7. The van der Waals surface area contributed by atoms with E-state index in [0.29, 0.717) is 0 Å². The third-order valence-corrected chi connectivity index (χ3v) is 13.7. The van der Waals surface area contributed by atoms with Crippen molar-refractivity contribution in [3.63, 3.8) is 0 Å². The third-order valence-electron chi connectivity index (χ3n) is 12.6. The molecule has 7 aromatic carbocycles. The maximum atomic E-state index is 5.04. The van der Waals surface area contributed by atoms with Gasteiger partial charge in [0.05, 0.1) is 5.82 Å². The summed E-state index contributed by atoms with van der Waals surface area (Å²) in [6.07, 6.45) is 13.3. The maximum Gasteiger partial charge on any atom is 0.0555 e. The molecule has 1 atom stereocenters. The van der Waals surface area contributed by atoms with Gasteiger partial charge < -0.3 is 19.8 Å². The van der Waals surface area contributed by atoms with Crippen molar-refractivity contribution in [2.24, 2.45) is 7.05 Å². The van der Waals surface area contributed by atoms with Crippen LogP contribution in [-0.4, -0.2) is 26.5 Å². The van der Waals surface area contributed by atoms with Crippen molar-refractivity contribution >= 4 is 31.5 Å². The van der Waals surface area contributed by atoms with Crippen molar-refractivity contribution in [1.29, 1.82) is 0 Å². The van der Waals surface area contributed by atoms with Crippen LogP contribution in [0, 0.1) is 18.2 Å². The number of thiophene rings is 1. The van der Waals surface area contributed by atoms with Crippen LogP contribution < -0.4 is 0 Å². The van der Waals surface area contributed by atoms with E-state index in [1.54, 1.807) is 0 Å². The standard InChI is InChI=1S/C59H45N5S.Ir/c1-63-32-30-60-58(63)44-22-18-40(19-23-44)14-16-42-34-43(17-15-41-20-24-45(25-21-41)59-61-31-33-64(59)2)36-50(35-42)52-11-4-3-10-51(52)49-27-29-55(62-39-49)48-9-7-8-46(37-48)47-26-28-54-53-12-5-6-13-56(53)65-57(54)38-47;/h3-8,10-13,18-22,24,26-39,58H,14-17H2,1-2H3;/q-4;. The first kappa shape index (κ1) is 43.0. The summed E-state index contributed by atoms with van der Waals surface area (Å²) in [5.41, 5.74) is 16.1. The van der Waals surface area contributed by atoms with E-state index in [1.165, 1.54) is 59.1 Å². The van der Waals surface area contributed by atoms with Gasteiger partial charge in [-0.2, -0.15) is 41.6 Å². The van der Waals surface area contributed by atoms with E-state index in [1.807, 2.05) is 60.0 Å². The van der Waals surface area contributed by atoms with Crippen LogP contribution in [0.4, 0.5) is 0 Å². The number of aryl methyl sites for hydroxylation is 5. The predicted octanol–water partition coefficient (Wildman–Crippen LogP) is 14.3. The molecule has 4 heterocycles. The van der Waals surface area contributed by atoms with Crippen LogP contribution in [0.5, 0.6) is 0 Å². The first-order valence-corrected chi connectivity index (χ1v) is 23.0. The van der Waals surface area contributed by atoms with Crippen molar-refractivity contribution in [2.75, 3.05) is 7.05 Å². The van der Waals surface area contributed by atoms with Crippen LogP contribution in [0.25, 0.3) is 81.5 Å². The van der Waals surface area contributed by atoms with E-state index in [4.69, 9.17) is 4.98 Å². The third kappa shape index (κ3) is 8.90. The van der Waals surface area contributed by atoms with Gasteiger partial charge in [0.1, 0.15) is 0 Å². The van der Waals surface area contributed by atoms with Crippen molar-refractivity contribution in [3.05, 3.63) is 234 Å². The SMILES string of the molecule is CN1C=C[N-]C1c1[c-]cc(CCc2cc(CCc3c[c-]c(-c4nccn4C)cc3)cc(-c3ccccc3-c3ccc(-c4[c-]ccc(-c5ccc6c(c5)sc5ccccc56)c4)nc3)c2)cc1.[Ir]. The number of hydrogen-bond acceptors (Lipinski definition) is 4. The molecule has 0 bridgehead atoms. The van der Waals surface area contributed by atoms with E-state index < -0.39 is 0 Å². The van der Waals surface area contributed by atoms with Crippen LogP contribution in [0.1, 0.15) is 34.0 Å². The number of imidazole rings is 1. The van der Waals surface area contributed by atoms with Crippen molar-refractivity contribution < 1.29 is 20.1 Å². The van der Waals surface area contributed by atoms with E-state index in [0.717, 1.165) is 70.6 Å². The first-order valence-electron chi connectivity index (χ1n) is 22.2. The Bertz CT molecular complexity index is 3330. The van der Waals surface area contributed by atoms with Gasteiger partial charge in [-0.1, -0.05) is 97.8 Å². The molecule has 325 valence electrons. The number of hydrogen-bond donors (Lipinski definition) is 0. The van der Waals surface area contributed by atoms with E-state index in [-0.39, 0.29) is 26.3 Å². The molecule has 1 aliphatic heterocycles. The second-order valence-electron chi connectivity index (χ2n) is 16.9. The molecular weight excluding hydrogens is 1000 g/mol. The second kappa shape index (κ2) is 18.9. The summed E-state index contributed by atoms with van der Waals surface area (Å²) in [5.74, 6) is 0.923. The largest absolute Gasteiger partial charge is 0.668 e. The number of aromatic nitrogens is 3. The number of rotatable bonds is 12. The zero-order chi connectivity index (χ0) is 43.7. The van der Waals surface area contributed by atoms with Crippen LogP contribution in [0.15, 0.2) is 183 Å². The van der Waals surface area contributed by atoms with Crippen molar-refractivity contribution in [3.8, 4) is 56.0 Å². The fourth-order valence-corrected chi connectivity index (χ4v) is 10.2. The summed E-state index contributed by atoms with van der Waals surface area (Å²) < 4.78 is 4.65. The van der Waals surface area contributed by atoms with E-state index in [9.17, 15) is 0 Å². The molecule has 0 spiro atoms. The molecule has 0 saturated carbocycles. The summed E-state index contributed by atoms with van der Waals surface area (Å²) in [7, 11) is 4.07. The summed E-state index contributed by atoms with van der Waals surface area (Å²) in [6, 6.07) is 65.5. The fourth-order valence-electron chi connectivity index (χ4n) is 9.06. The molecule has 10 aromatic rings. The molecule has 11 rings (SSSR count). The Hall–Kier alpha value is -6.89. The maximum absolute atomic E-state index is 5.04. The Morgan fingerprint density at radius 2 is 1.30 bits per heavy atom. The molecule has 1 aliphatic rings. The molecule has 66 heavy (non-hydrogen) atoms. The molecule has 0 amide bonds. The summed E-state index contributed by atoms with van der Waals surface area (Å²) in [6.45, 7) is 0. The van der Waals surface area contributed by atoms with Gasteiger partial charge in [-0.05, 0) is 82.0 Å². The summed E-state index contributed by atoms with van der Waals surface area (Å²) in [5, 5.41) is 7.22. The van der Waals surface area contributed by atoms with Gasteiger partial charge in [-0.25, -0.2) is 0 Å². The molecule has 1 radical (unpaired) electrons. The monoisotopic (exact) mass is 1050 g/mol. The van der Waals surface area contributed by atoms with Gasteiger partial charge in [-0.3, -0.25) is 4.98 Å². The van der Waals surface area contributed by atoms with Crippen molar-refractivity contribution in [1.82, 2.24) is 19.4 Å².